The molecule has 0 N–H and O–H groups in total. The van der Waals surface area contributed by atoms with Crippen LogP contribution in [0.15, 0.2) is 5.38 Å². The molecule has 14 heavy (non-hydrogen) atoms. The van der Waals surface area contributed by atoms with Crippen LogP contribution in [0.4, 0.5) is 0 Å². The first-order chi connectivity index (χ1) is 6.85. The summed E-state index contributed by atoms with van der Waals surface area (Å²) in [5.41, 5.74) is 0.941. The van der Waals surface area contributed by atoms with E-state index in [1.54, 1.807) is 11.3 Å². The molecule has 4 heteroatoms. The molecule has 2 rings (SSSR count). The highest BCUT2D eigenvalue weighted by molar-refractivity contribution is 7.09. The van der Waals surface area contributed by atoms with Gasteiger partial charge in [0.05, 0.1) is 22.7 Å². The van der Waals surface area contributed by atoms with E-state index < -0.39 is 0 Å². The number of nitrogens with zero attached hydrogens (tertiary/aromatic N) is 2. The molecule has 2 heterocycles. The summed E-state index contributed by atoms with van der Waals surface area (Å²) in [6.45, 7) is 2.77. The second kappa shape index (κ2) is 4.07. The van der Waals surface area contributed by atoms with Crippen LogP contribution in [0.5, 0.6) is 0 Å². The average molecular weight is 208 g/mol. The first kappa shape index (κ1) is 9.63. The van der Waals surface area contributed by atoms with Crippen molar-refractivity contribution in [3.63, 3.8) is 0 Å². The molecule has 0 saturated carbocycles. The molecule has 0 radical (unpaired) electrons. The van der Waals surface area contributed by atoms with Crippen molar-refractivity contribution in [3.05, 3.63) is 16.1 Å². The van der Waals surface area contributed by atoms with Crippen molar-refractivity contribution in [2.75, 3.05) is 6.61 Å². The zero-order valence-electron chi connectivity index (χ0n) is 8.06. The standard InChI is InChI=1S/C10H12N2OS/c1-2-9-12-8(6-14-9)10-7(5-11)3-4-13-10/h6-7,10H,2-4H2,1H3. The summed E-state index contributed by atoms with van der Waals surface area (Å²) in [6.07, 6.45) is 1.70. The zero-order valence-corrected chi connectivity index (χ0v) is 8.88. The molecular formula is C10H12N2OS. The van der Waals surface area contributed by atoms with Crippen molar-refractivity contribution in [2.24, 2.45) is 5.92 Å². The van der Waals surface area contributed by atoms with Gasteiger partial charge in [0.1, 0.15) is 6.10 Å². The highest BCUT2D eigenvalue weighted by Crippen LogP contribution is 2.34. The third-order valence-electron chi connectivity index (χ3n) is 2.42. The van der Waals surface area contributed by atoms with Gasteiger partial charge in [-0.15, -0.1) is 11.3 Å². The minimum Gasteiger partial charge on any atom is -0.370 e. The Hall–Kier alpha value is -0.920. The normalized spacial score (nSPS) is 26.3. The van der Waals surface area contributed by atoms with Gasteiger partial charge in [-0.2, -0.15) is 5.26 Å². The number of aryl methyl sites for hydroxylation is 1. The van der Waals surface area contributed by atoms with Crippen molar-refractivity contribution in [3.8, 4) is 6.07 Å². The molecule has 1 aromatic heterocycles. The number of nitriles is 1. The molecule has 0 amide bonds. The van der Waals surface area contributed by atoms with Crippen molar-refractivity contribution < 1.29 is 4.74 Å². The third kappa shape index (κ3) is 1.66. The molecule has 1 fully saturated rings. The molecule has 0 aliphatic carbocycles. The van der Waals surface area contributed by atoms with E-state index in [2.05, 4.69) is 18.0 Å². The summed E-state index contributed by atoms with van der Waals surface area (Å²) >= 11 is 1.65. The molecule has 0 spiro atoms. The molecule has 1 aliphatic heterocycles. The van der Waals surface area contributed by atoms with Crippen LogP contribution in [0.25, 0.3) is 0 Å². The van der Waals surface area contributed by atoms with Crippen LogP contribution in [0, 0.1) is 17.2 Å². The predicted octanol–water partition coefficient (Wildman–Crippen LogP) is 2.31. The van der Waals surface area contributed by atoms with E-state index >= 15 is 0 Å². The first-order valence-corrected chi connectivity index (χ1v) is 5.68. The Kier molecular flexibility index (Phi) is 2.80. The average Bonchev–Trinajstić information content (AvgIpc) is 2.85. The van der Waals surface area contributed by atoms with Crippen LogP contribution < -0.4 is 0 Å². The molecule has 74 valence electrons. The van der Waals surface area contributed by atoms with Gasteiger partial charge in [0.25, 0.3) is 0 Å². The molecule has 0 aromatic carbocycles. The number of thiazole rings is 1. The third-order valence-corrected chi connectivity index (χ3v) is 3.43. The van der Waals surface area contributed by atoms with Crippen molar-refractivity contribution in [1.82, 2.24) is 4.98 Å². The minimum atomic E-state index is -0.0865. The summed E-state index contributed by atoms with van der Waals surface area (Å²) in [5.74, 6) is -0.0122. The first-order valence-electron chi connectivity index (χ1n) is 4.80. The van der Waals surface area contributed by atoms with Gasteiger partial charge in [0.15, 0.2) is 0 Å². The second-order valence-corrected chi connectivity index (χ2v) is 4.28. The number of ether oxygens (including phenoxy) is 1. The lowest BCUT2D eigenvalue weighted by Crippen LogP contribution is -2.05. The quantitative estimate of drug-likeness (QED) is 0.749. The molecule has 1 saturated heterocycles. The van der Waals surface area contributed by atoms with Gasteiger partial charge in [-0.05, 0) is 12.8 Å². The Labute approximate surface area is 87.3 Å². The molecule has 1 aliphatic rings. The number of hydrogen-bond donors (Lipinski definition) is 0. The van der Waals surface area contributed by atoms with Gasteiger partial charge in [0.2, 0.25) is 0 Å². The van der Waals surface area contributed by atoms with Crippen LogP contribution >= 0.6 is 11.3 Å². The monoisotopic (exact) mass is 208 g/mol. The van der Waals surface area contributed by atoms with E-state index in [4.69, 9.17) is 10.00 Å². The van der Waals surface area contributed by atoms with Crippen LogP contribution in [-0.2, 0) is 11.2 Å². The molecule has 2 atom stereocenters. The lowest BCUT2D eigenvalue weighted by molar-refractivity contribution is 0.0977. The summed E-state index contributed by atoms with van der Waals surface area (Å²) in [5, 5.41) is 12.0. The maximum absolute atomic E-state index is 8.91. The molecular weight excluding hydrogens is 196 g/mol. The molecule has 0 bridgehead atoms. The van der Waals surface area contributed by atoms with Gasteiger partial charge in [0, 0.05) is 12.0 Å². The Morgan fingerprint density at radius 2 is 2.64 bits per heavy atom. The molecule has 1 aromatic rings. The summed E-state index contributed by atoms with van der Waals surface area (Å²) in [4.78, 5) is 4.45. The van der Waals surface area contributed by atoms with Crippen LogP contribution in [0.3, 0.4) is 0 Å². The summed E-state index contributed by atoms with van der Waals surface area (Å²) in [6, 6.07) is 2.28. The molecule has 2 unspecified atom stereocenters. The van der Waals surface area contributed by atoms with Crippen LogP contribution in [0.1, 0.15) is 30.2 Å². The Morgan fingerprint density at radius 1 is 1.79 bits per heavy atom. The largest absolute Gasteiger partial charge is 0.370 e. The Bertz CT molecular complexity index is 355. The van der Waals surface area contributed by atoms with E-state index in [-0.39, 0.29) is 12.0 Å². The minimum absolute atomic E-state index is 0.0122. The fourth-order valence-corrected chi connectivity index (χ4v) is 2.40. The maximum Gasteiger partial charge on any atom is 0.116 e. The number of rotatable bonds is 2. The Balaban J connectivity index is 2.18. The lowest BCUT2D eigenvalue weighted by Gasteiger charge is -2.08. The van der Waals surface area contributed by atoms with Gasteiger partial charge in [-0.1, -0.05) is 6.92 Å². The highest BCUT2D eigenvalue weighted by Gasteiger charge is 2.31. The Morgan fingerprint density at radius 3 is 3.29 bits per heavy atom. The second-order valence-electron chi connectivity index (χ2n) is 3.34. The smallest absolute Gasteiger partial charge is 0.116 e. The lowest BCUT2D eigenvalue weighted by atomic mass is 10.0. The van der Waals surface area contributed by atoms with Crippen LogP contribution in [0.2, 0.25) is 0 Å². The van der Waals surface area contributed by atoms with Gasteiger partial charge in [-0.25, -0.2) is 4.98 Å². The van der Waals surface area contributed by atoms with E-state index in [0.717, 1.165) is 23.5 Å². The fraction of sp³-hybridized carbons (Fsp3) is 0.600. The van der Waals surface area contributed by atoms with Gasteiger partial charge < -0.3 is 4.74 Å². The summed E-state index contributed by atoms with van der Waals surface area (Å²) < 4.78 is 5.52. The SMILES string of the molecule is CCc1nc(C2OCCC2C#N)cs1. The fourth-order valence-electron chi connectivity index (χ4n) is 1.63. The number of aromatic nitrogens is 1. The maximum atomic E-state index is 8.91. The highest BCUT2D eigenvalue weighted by atomic mass is 32.1. The number of hydrogen-bond acceptors (Lipinski definition) is 4. The van der Waals surface area contributed by atoms with Crippen molar-refractivity contribution in [1.29, 1.82) is 5.26 Å². The van der Waals surface area contributed by atoms with E-state index in [9.17, 15) is 0 Å². The summed E-state index contributed by atoms with van der Waals surface area (Å²) in [7, 11) is 0. The van der Waals surface area contributed by atoms with E-state index in [1.165, 1.54) is 0 Å². The predicted molar refractivity (Wildman–Crippen MR) is 53.9 cm³/mol. The van der Waals surface area contributed by atoms with Crippen molar-refractivity contribution in [2.45, 2.75) is 25.9 Å². The molecule has 3 nitrogen and oxygen atoms in total. The zero-order chi connectivity index (χ0) is 9.97. The van der Waals surface area contributed by atoms with E-state index in [0.29, 0.717) is 6.61 Å². The van der Waals surface area contributed by atoms with Gasteiger partial charge in [-0.3, -0.25) is 0 Å². The van der Waals surface area contributed by atoms with E-state index in [1.807, 2.05) is 5.38 Å². The topological polar surface area (TPSA) is 45.9 Å². The van der Waals surface area contributed by atoms with Crippen LogP contribution in [-0.4, -0.2) is 11.6 Å². The van der Waals surface area contributed by atoms with Crippen molar-refractivity contribution >= 4 is 11.3 Å². The van der Waals surface area contributed by atoms with Gasteiger partial charge >= 0.3 is 0 Å².